The fourth-order valence-electron chi connectivity index (χ4n) is 2.72. The zero-order valence-corrected chi connectivity index (χ0v) is 16.0. The molecule has 0 aliphatic heterocycles. The van der Waals surface area contributed by atoms with Gasteiger partial charge in [-0.1, -0.05) is 0 Å². The van der Waals surface area contributed by atoms with Crippen LogP contribution < -0.4 is 15.5 Å². The van der Waals surface area contributed by atoms with E-state index in [9.17, 15) is 18.4 Å². The predicted molar refractivity (Wildman–Crippen MR) is 106 cm³/mol. The maximum absolute atomic E-state index is 14.1. The summed E-state index contributed by atoms with van der Waals surface area (Å²) in [4.78, 5) is 26.3. The molecule has 3 rings (SSSR count). The highest BCUT2D eigenvalue weighted by Crippen LogP contribution is 2.23. The standard InChI is InChI=1S/C21H19F2N3O3/c1-12-15(8-9-29-12)21(28)25-18-11-14(5-6-16(18)22)24-20(27)13-4-7-19(26(2)3)17(23)10-13/h4-11H,1-3H3,(H,24,27)(H,25,28). The van der Waals surface area contributed by atoms with E-state index in [-0.39, 0.29) is 22.5 Å². The van der Waals surface area contributed by atoms with Gasteiger partial charge in [-0.25, -0.2) is 8.78 Å². The van der Waals surface area contributed by atoms with Crippen molar-refractivity contribution in [2.24, 2.45) is 0 Å². The largest absolute Gasteiger partial charge is 0.469 e. The van der Waals surface area contributed by atoms with E-state index in [4.69, 9.17) is 4.42 Å². The number of hydrogen-bond donors (Lipinski definition) is 2. The summed E-state index contributed by atoms with van der Waals surface area (Å²) in [7, 11) is 3.38. The summed E-state index contributed by atoms with van der Waals surface area (Å²) in [6.07, 6.45) is 1.36. The van der Waals surface area contributed by atoms with E-state index in [0.29, 0.717) is 11.4 Å². The van der Waals surface area contributed by atoms with E-state index in [1.807, 2.05) is 0 Å². The van der Waals surface area contributed by atoms with Crippen molar-refractivity contribution in [2.75, 3.05) is 29.6 Å². The van der Waals surface area contributed by atoms with Crippen LogP contribution >= 0.6 is 0 Å². The Labute approximate surface area is 166 Å². The minimum atomic E-state index is -0.668. The molecule has 0 aliphatic rings. The summed E-state index contributed by atoms with van der Waals surface area (Å²) in [5.41, 5.74) is 0.866. The van der Waals surface area contributed by atoms with Crippen LogP contribution in [-0.2, 0) is 0 Å². The second-order valence-corrected chi connectivity index (χ2v) is 6.55. The maximum Gasteiger partial charge on any atom is 0.259 e. The van der Waals surface area contributed by atoms with Crippen molar-refractivity contribution >= 4 is 28.9 Å². The van der Waals surface area contributed by atoms with Crippen LogP contribution in [0.2, 0.25) is 0 Å². The van der Waals surface area contributed by atoms with E-state index < -0.39 is 23.4 Å². The number of nitrogens with zero attached hydrogens (tertiary/aromatic N) is 1. The predicted octanol–water partition coefficient (Wildman–Crippen LogP) is 4.44. The van der Waals surface area contributed by atoms with Crippen molar-refractivity contribution in [1.29, 1.82) is 0 Å². The molecule has 2 aromatic carbocycles. The van der Waals surface area contributed by atoms with Crippen molar-refractivity contribution < 1.29 is 22.8 Å². The van der Waals surface area contributed by atoms with Gasteiger partial charge in [0.15, 0.2) is 0 Å². The Kier molecular flexibility index (Phi) is 5.63. The Balaban J connectivity index is 1.77. The van der Waals surface area contributed by atoms with Crippen LogP contribution in [0.4, 0.5) is 25.8 Å². The van der Waals surface area contributed by atoms with Gasteiger partial charge in [0.05, 0.1) is 23.2 Å². The van der Waals surface area contributed by atoms with Crippen molar-refractivity contribution in [3.05, 3.63) is 77.2 Å². The second-order valence-electron chi connectivity index (χ2n) is 6.55. The summed E-state index contributed by atoms with van der Waals surface area (Å²) in [5.74, 6) is -1.91. The zero-order valence-electron chi connectivity index (χ0n) is 16.0. The molecule has 1 aromatic heterocycles. The van der Waals surface area contributed by atoms with Gasteiger partial charge in [0.1, 0.15) is 17.4 Å². The smallest absolute Gasteiger partial charge is 0.259 e. The lowest BCUT2D eigenvalue weighted by Crippen LogP contribution is -2.16. The molecule has 0 atom stereocenters. The molecule has 29 heavy (non-hydrogen) atoms. The average molecular weight is 399 g/mol. The highest BCUT2D eigenvalue weighted by Gasteiger charge is 2.16. The minimum Gasteiger partial charge on any atom is -0.469 e. The van der Waals surface area contributed by atoms with Crippen LogP contribution in [0.15, 0.2) is 53.1 Å². The number of hydrogen-bond acceptors (Lipinski definition) is 4. The average Bonchev–Trinajstić information content (AvgIpc) is 3.10. The number of rotatable bonds is 5. The molecule has 2 N–H and O–H groups in total. The molecule has 150 valence electrons. The van der Waals surface area contributed by atoms with Crippen molar-refractivity contribution in [3.8, 4) is 0 Å². The summed E-state index contributed by atoms with van der Waals surface area (Å²) in [6, 6.07) is 9.32. The lowest BCUT2D eigenvalue weighted by atomic mass is 10.1. The summed E-state index contributed by atoms with van der Waals surface area (Å²) >= 11 is 0. The minimum absolute atomic E-state index is 0.108. The Bertz CT molecular complexity index is 1080. The molecule has 1 heterocycles. The molecule has 0 bridgehead atoms. The monoisotopic (exact) mass is 399 g/mol. The molecular weight excluding hydrogens is 380 g/mol. The number of anilines is 3. The number of benzene rings is 2. The number of carbonyl (C=O) groups is 2. The molecular formula is C21H19F2N3O3. The SMILES string of the molecule is Cc1occc1C(=O)Nc1cc(NC(=O)c2ccc(N(C)C)c(F)c2)ccc1F. The highest BCUT2D eigenvalue weighted by atomic mass is 19.1. The van der Waals surface area contributed by atoms with Gasteiger partial charge in [-0.2, -0.15) is 0 Å². The Morgan fingerprint density at radius 2 is 1.69 bits per heavy atom. The third-order valence-electron chi connectivity index (χ3n) is 4.27. The van der Waals surface area contributed by atoms with Crippen LogP contribution in [0.5, 0.6) is 0 Å². The number of aryl methyl sites for hydroxylation is 1. The lowest BCUT2D eigenvalue weighted by Gasteiger charge is -2.14. The van der Waals surface area contributed by atoms with Crippen molar-refractivity contribution in [1.82, 2.24) is 0 Å². The third-order valence-corrected chi connectivity index (χ3v) is 4.27. The third kappa shape index (κ3) is 4.43. The van der Waals surface area contributed by atoms with E-state index >= 15 is 0 Å². The van der Waals surface area contributed by atoms with Gasteiger partial charge >= 0.3 is 0 Å². The van der Waals surface area contributed by atoms with E-state index in [0.717, 1.165) is 12.1 Å². The number of carbonyl (C=O) groups excluding carboxylic acids is 2. The fourth-order valence-corrected chi connectivity index (χ4v) is 2.72. The van der Waals surface area contributed by atoms with Crippen molar-refractivity contribution in [2.45, 2.75) is 6.92 Å². The van der Waals surface area contributed by atoms with Crippen LogP contribution in [0.25, 0.3) is 0 Å². The van der Waals surface area contributed by atoms with Crippen LogP contribution in [0.3, 0.4) is 0 Å². The highest BCUT2D eigenvalue weighted by molar-refractivity contribution is 6.07. The first-order valence-corrected chi connectivity index (χ1v) is 8.69. The maximum atomic E-state index is 14.1. The van der Waals surface area contributed by atoms with Gasteiger partial charge in [-0.05, 0) is 49.4 Å². The van der Waals surface area contributed by atoms with Crippen LogP contribution in [0.1, 0.15) is 26.5 Å². The Morgan fingerprint density at radius 3 is 2.31 bits per heavy atom. The topological polar surface area (TPSA) is 74.6 Å². The molecule has 0 radical (unpaired) electrons. The Hall–Kier alpha value is -3.68. The van der Waals surface area contributed by atoms with Crippen LogP contribution in [-0.4, -0.2) is 25.9 Å². The molecule has 0 fully saturated rings. The number of amides is 2. The summed E-state index contributed by atoms with van der Waals surface area (Å²) in [5, 5.41) is 5.01. The second kappa shape index (κ2) is 8.14. The Morgan fingerprint density at radius 1 is 0.931 bits per heavy atom. The number of halogens is 2. The zero-order chi connectivity index (χ0) is 21.1. The molecule has 0 aliphatic carbocycles. The number of nitrogens with one attached hydrogen (secondary N) is 2. The molecule has 3 aromatic rings. The molecule has 2 amide bonds. The lowest BCUT2D eigenvalue weighted by molar-refractivity contribution is 0.101. The molecule has 0 saturated heterocycles. The van der Waals surface area contributed by atoms with Gasteiger partial charge in [-0.3, -0.25) is 9.59 Å². The van der Waals surface area contributed by atoms with Crippen LogP contribution in [0, 0.1) is 18.6 Å². The number of furan rings is 1. The van der Waals surface area contributed by atoms with Gasteiger partial charge in [0.2, 0.25) is 0 Å². The van der Waals surface area contributed by atoms with E-state index in [2.05, 4.69) is 10.6 Å². The first-order valence-electron chi connectivity index (χ1n) is 8.69. The van der Waals surface area contributed by atoms with Gasteiger partial charge in [0, 0.05) is 25.3 Å². The molecule has 6 nitrogen and oxygen atoms in total. The normalized spacial score (nSPS) is 10.5. The van der Waals surface area contributed by atoms with E-state index in [1.165, 1.54) is 36.6 Å². The van der Waals surface area contributed by atoms with Gasteiger partial charge in [0.25, 0.3) is 11.8 Å². The summed E-state index contributed by atoms with van der Waals surface area (Å²) in [6.45, 7) is 1.61. The first kappa shape index (κ1) is 20.1. The molecule has 0 unspecified atom stereocenters. The first-order chi connectivity index (χ1) is 13.8. The molecule has 0 saturated carbocycles. The molecule has 8 heteroatoms. The van der Waals surface area contributed by atoms with Crippen molar-refractivity contribution in [3.63, 3.8) is 0 Å². The fraction of sp³-hybridized carbons (Fsp3) is 0.143. The van der Waals surface area contributed by atoms with Gasteiger partial charge in [-0.15, -0.1) is 0 Å². The quantitative estimate of drug-likeness (QED) is 0.665. The molecule has 0 spiro atoms. The van der Waals surface area contributed by atoms with Gasteiger partial charge < -0.3 is 20.0 Å². The van der Waals surface area contributed by atoms with E-state index in [1.54, 1.807) is 25.9 Å². The summed E-state index contributed by atoms with van der Waals surface area (Å²) < 4.78 is 33.3.